The van der Waals surface area contributed by atoms with Gasteiger partial charge in [-0.2, -0.15) is 0 Å². The third-order valence-corrected chi connectivity index (χ3v) is 10.6. The van der Waals surface area contributed by atoms with Gasteiger partial charge in [0.15, 0.2) is 0 Å². The highest BCUT2D eigenvalue weighted by Gasteiger charge is 2.36. The minimum Gasteiger partial charge on any atom is -0.456 e. The molecule has 0 spiro atoms. The number of nitrogens with zero attached hydrogens (tertiary/aromatic N) is 1. The lowest BCUT2D eigenvalue weighted by Gasteiger charge is -2.31. The van der Waals surface area contributed by atoms with E-state index in [1.807, 2.05) is 6.07 Å². The highest BCUT2D eigenvalue weighted by molar-refractivity contribution is 6.18. The summed E-state index contributed by atoms with van der Waals surface area (Å²) in [7, 11) is 0. The molecule has 0 N–H and O–H groups in total. The van der Waals surface area contributed by atoms with E-state index in [1.165, 1.54) is 49.7 Å². The number of furan rings is 1. The molecule has 1 heterocycles. The molecule has 2 heteroatoms. The van der Waals surface area contributed by atoms with Gasteiger partial charge in [0, 0.05) is 33.1 Å². The summed E-state index contributed by atoms with van der Waals surface area (Å²) in [5.74, 6) is 0. The number of anilines is 3. The Morgan fingerprint density at radius 2 is 1.18 bits per heavy atom. The lowest BCUT2D eigenvalue weighted by molar-refractivity contribution is 0.590. The van der Waals surface area contributed by atoms with E-state index in [2.05, 4.69) is 179 Å². The fourth-order valence-electron chi connectivity index (χ4n) is 8.08. The van der Waals surface area contributed by atoms with Gasteiger partial charge in [0.2, 0.25) is 0 Å². The SMILES string of the molecule is CC(C)(C)c1ccc(N(c2ccc3c(c2)C(C)(C)c2ccccc2-3)c2ccc3ccccc3c2-c2cccc3oc4ccccc4c23)cc1. The predicted octanol–water partition coefficient (Wildman–Crippen LogP) is 13.5. The Bertz CT molecular complexity index is 2560. The van der Waals surface area contributed by atoms with Crippen molar-refractivity contribution in [1.29, 1.82) is 0 Å². The van der Waals surface area contributed by atoms with Crippen molar-refractivity contribution in [3.63, 3.8) is 0 Å². The second-order valence-corrected chi connectivity index (χ2v) is 15.0. The minimum absolute atomic E-state index is 0.0544. The molecular formula is C47H39NO. The van der Waals surface area contributed by atoms with E-state index in [9.17, 15) is 0 Å². The first-order valence-corrected chi connectivity index (χ1v) is 17.3. The van der Waals surface area contributed by atoms with Gasteiger partial charge in [0.25, 0.3) is 0 Å². The van der Waals surface area contributed by atoms with Crippen LogP contribution in [0.3, 0.4) is 0 Å². The summed E-state index contributed by atoms with van der Waals surface area (Å²) in [6, 6.07) is 53.3. The first-order chi connectivity index (χ1) is 23.7. The highest BCUT2D eigenvalue weighted by Crippen LogP contribution is 2.52. The quantitative estimate of drug-likeness (QED) is 0.192. The molecule has 0 aliphatic heterocycles. The zero-order valence-corrected chi connectivity index (χ0v) is 28.7. The molecule has 0 atom stereocenters. The third kappa shape index (κ3) is 4.54. The largest absolute Gasteiger partial charge is 0.456 e. The maximum absolute atomic E-state index is 6.43. The van der Waals surface area contributed by atoms with E-state index in [0.29, 0.717) is 0 Å². The van der Waals surface area contributed by atoms with Crippen LogP contribution in [0.4, 0.5) is 17.1 Å². The molecule has 1 aliphatic rings. The Hall–Kier alpha value is -5.60. The van der Waals surface area contributed by atoms with Crippen LogP contribution >= 0.6 is 0 Å². The van der Waals surface area contributed by atoms with Crippen LogP contribution in [-0.4, -0.2) is 0 Å². The number of hydrogen-bond acceptors (Lipinski definition) is 2. The van der Waals surface area contributed by atoms with Gasteiger partial charge in [-0.15, -0.1) is 0 Å². The predicted molar refractivity (Wildman–Crippen MR) is 208 cm³/mol. The van der Waals surface area contributed by atoms with Crippen molar-refractivity contribution in [2.45, 2.75) is 45.4 Å². The number of rotatable bonds is 4. The smallest absolute Gasteiger partial charge is 0.136 e. The summed E-state index contributed by atoms with van der Waals surface area (Å²) in [5, 5.41) is 4.69. The molecule has 0 bridgehead atoms. The second-order valence-electron chi connectivity index (χ2n) is 15.0. The van der Waals surface area contributed by atoms with Crippen LogP contribution in [0.25, 0.3) is 55.0 Å². The maximum Gasteiger partial charge on any atom is 0.136 e. The average Bonchev–Trinajstić information content (AvgIpc) is 3.60. The molecule has 9 rings (SSSR count). The Balaban J connectivity index is 1.36. The molecule has 0 radical (unpaired) electrons. The van der Waals surface area contributed by atoms with Gasteiger partial charge in [-0.1, -0.05) is 138 Å². The zero-order chi connectivity index (χ0) is 33.5. The maximum atomic E-state index is 6.43. The van der Waals surface area contributed by atoms with E-state index < -0.39 is 0 Å². The van der Waals surface area contributed by atoms with Crippen molar-refractivity contribution >= 4 is 49.8 Å². The van der Waals surface area contributed by atoms with Crippen molar-refractivity contribution in [2.24, 2.45) is 0 Å². The first kappa shape index (κ1) is 29.5. The Kier molecular flexibility index (Phi) is 6.45. The second kappa shape index (κ2) is 10.7. The van der Waals surface area contributed by atoms with Gasteiger partial charge >= 0.3 is 0 Å². The van der Waals surface area contributed by atoms with Crippen molar-refractivity contribution in [3.8, 4) is 22.3 Å². The van der Waals surface area contributed by atoms with Gasteiger partial charge in [-0.05, 0) is 92.0 Å². The van der Waals surface area contributed by atoms with E-state index in [4.69, 9.17) is 4.42 Å². The molecule has 49 heavy (non-hydrogen) atoms. The molecule has 0 fully saturated rings. The van der Waals surface area contributed by atoms with Crippen molar-refractivity contribution in [2.75, 3.05) is 4.90 Å². The summed E-state index contributed by atoms with van der Waals surface area (Å²) in [4.78, 5) is 2.47. The van der Waals surface area contributed by atoms with Crippen LogP contribution in [-0.2, 0) is 10.8 Å². The number of hydrogen-bond donors (Lipinski definition) is 0. The summed E-state index contributed by atoms with van der Waals surface area (Å²) in [6.07, 6.45) is 0. The van der Waals surface area contributed by atoms with Crippen LogP contribution in [0.2, 0.25) is 0 Å². The van der Waals surface area contributed by atoms with Gasteiger partial charge in [-0.25, -0.2) is 0 Å². The van der Waals surface area contributed by atoms with Crippen molar-refractivity contribution < 1.29 is 4.42 Å². The minimum atomic E-state index is -0.114. The molecule has 7 aromatic carbocycles. The number of benzene rings is 7. The molecule has 0 amide bonds. The molecule has 0 unspecified atom stereocenters. The zero-order valence-electron chi connectivity index (χ0n) is 28.7. The van der Waals surface area contributed by atoms with E-state index in [1.54, 1.807) is 0 Å². The van der Waals surface area contributed by atoms with Crippen molar-refractivity contribution in [1.82, 2.24) is 0 Å². The van der Waals surface area contributed by atoms with Gasteiger partial charge in [0.1, 0.15) is 11.2 Å². The summed E-state index contributed by atoms with van der Waals surface area (Å²) >= 11 is 0. The van der Waals surface area contributed by atoms with E-state index >= 15 is 0 Å². The van der Waals surface area contributed by atoms with Crippen LogP contribution in [0.1, 0.15) is 51.3 Å². The topological polar surface area (TPSA) is 16.4 Å². The number of para-hydroxylation sites is 1. The van der Waals surface area contributed by atoms with Crippen LogP contribution in [0.15, 0.2) is 150 Å². The Morgan fingerprint density at radius 1 is 0.531 bits per heavy atom. The van der Waals surface area contributed by atoms with Gasteiger partial charge < -0.3 is 9.32 Å². The number of fused-ring (bicyclic) bond motifs is 7. The van der Waals surface area contributed by atoms with Crippen LogP contribution in [0, 0.1) is 0 Å². The molecule has 238 valence electrons. The van der Waals surface area contributed by atoms with Crippen LogP contribution < -0.4 is 4.90 Å². The Morgan fingerprint density at radius 3 is 2.00 bits per heavy atom. The Labute approximate surface area is 288 Å². The van der Waals surface area contributed by atoms with Gasteiger partial charge in [0.05, 0.1) is 5.69 Å². The lowest BCUT2D eigenvalue weighted by atomic mass is 9.82. The monoisotopic (exact) mass is 633 g/mol. The molecular weight excluding hydrogens is 595 g/mol. The fourth-order valence-corrected chi connectivity index (χ4v) is 8.08. The molecule has 0 saturated carbocycles. The van der Waals surface area contributed by atoms with Crippen LogP contribution in [0.5, 0.6) is 0 Å². The fraction of sp³-hybridized carbons (Fsp3) is 0.149. The van der Waals surface area contributed by atoms with E-state index in [-0.39, 0.29) is 10.8 Å². The van der Waals surface area contributed by atoms with Crippen molar-refractivity contribution in [3.05, 3.63) is 162 Å². The normalized spacial score (nSPS) is 13.6. The summed E-state index contributed by atoms with van der Waals surface area (Å²) < 4.78 is 6.43. The molecule has 1 aliphatic carbocycles. The van der Waals surface area contributed by atoms with Gasteiger partial charge in [-0.3, -0.25) is 0 Å². The standard InChI is InChI=1S/C47H39NO/c1-46(2,3)31-22-24-32(25-23-31)48(33-26-27-36-35-15-8-10-18-39(35)47(4,5)40(36)29-33)41-28-21-30-13-6-7-14-34(30)44(41)38-17-12-20-43-45(38)37-16-9-11-19-42(37)49-43/h6-29H,1-5H3. The lowest BCUT2D eigenvalue weighted by Crippen LogP contribution is -2.17. The summed E-state index contributed by atoms with van der Waals surface area (Å²) in [5.41, 5.74) is 14.2. The molecule has 8 aromatic rings. The molecule has 0 saturated heterocycles. The average molecular weight is 634 g/mol. The summed E-state index contributed by atoms with van der Waals surface area (Å²) in [6.45, 7) is 11.5. The highest BCUT2D eigenvalue weighted by atomic mass is 16.3. The van der Waals surface area contributed by atoms with E-state index in [0.717, 1.165) is 39.0 Å². The molecule has 2 nitrogen and oxygen atoms in total. The molecule has 1 aromatic heterocycles. The first-order valence-electron chi connectivity index (χ1n) is 17.3. The third-order valence-electron chi connectivity index (χ3n) is 10.6.